The minimum Gasteiger partial charge on any atom is -0.305 e. The molecule has 3 rings (SSSR count). The van der Waals surface area contributed by atoms with Crippen LogP contribution >= 0.6 is 22.6 Å². The van der Waals surface area contributed by atoms with Gasteiger partial charge >= 0.3 is 0 Å². The molecule has 0 radical (unpaired) electrons. The van der Waals surface area contributed by atoms with Crippen LogP contribution in [0.2, 0.25) is 0 Å². The van der Waals surface area contributed by atoms with Gasteiger partial charge in [-0.2, -0.15) is 5.26 Å². The molecule has 2 aromatic heterocycles. The number of hydrogen-bond donors (Lipinski definition) is 0. The Balaban J connectivity index is 2.16. The first-order valence-corrected chi connectivity index (χ1v) is 6.49. The van der Waals surface area contributed by atoms with Crippen molar-refractivity contribution < 1.29 is 0 Å². The van der Waals surface area contributed by atoms with E-state index >= 15 is 0 Å². The van der Waals surface area contributed by atoms with Crippen LogP contribution in [0.1, 0.15) is 5.56 Å². The Morgan fingerprint density at radius 3 is 2.89 bits per heavy atom. The van der Waals surface area contributed by atoms with E-state index in [1.54, 1.807) is 6.07 Å². The van der Waals surface area contributed by atoms with Crippen molar-refractivity contribution in [1.29, 1.82) is 5.26 Å². The van der Waals surface area contributed by atoms with Gasteiger partial charge in [0.15, 0.2) is 0 Å². The largest absolute Gasteiger partial charge is 0.305 e. The molecule has 0 saturated heterocycles. The van der Waals surface area contributed by atoms with Crippen molar-refractivity contribution in [2.45, 2.75) is 0 Å². The van der Waals surface area contributed by atoms with Crippen LogP contribution in [0.15, 0.2) is 48.8 Å². The highest BCUT2D eigenvalue weighted by atomic mass is 127. The van der Waals surface area contributed by atoms with Gasteiger partial charge in [0.05, 0.1) is 17.3 Å². The molecule has 0 spiro atoms. The van der Waals surface area contributed by atoms with Crippen LogP contribution in [-0.2, 0) is 0 Å². The Morgan fingerprint density at radius 2 is 2.06 bits per heavy atom. The maximum atomic E-state index is 8.91. The Bertz CT molecular complexity index is 768. The zero-order valence-electron chi connectivity index (χ0n) is 9.34. The molecule has 86 valence electrons. The van der Waals surface area contributed by atoms with E-state index in [2.05, 4.69) is 33.6 Å². The van der Waals surface area contributed by atoms with E-state index < -0.39 is 0 Å². The third-order valence-corrected chi connectivity index (χ3v) is 3.34. The van der Waals surface area contributed by atoms with E-state index in [4.69, 9.17) is 5.26 Å². The van der Waals surface area contributed by atoms with Crippen molar-refractivity contribution >= 4 is 28.2 Å². The molecule has 0 atom stereocenters. The SMILES string of the molecule is N#Cc1cccc(-c2cn3cc(I)ccc3n2)c1. The van der Waals surface area contributed by atoms with E-state index in [9.17, 15) is 0 Å². The predicted molar refractivity (Wildman–Crippen MR) is 78.1 cm³/mol. The van der Waals surface area contributed by atoms with Crippen LogP contribution in [0.5, 0.6) is 0 Å². The molecular weight excluding hydrogens is 337 g/mol. The molecule has 3 nitrogen and oxygen atoms in total. The predicted octanol–water partition coefficient (Wildman–Crippen LogP) is 3.48. The number of imidazole rings is 1. The van der Waals surface area contributed by atoms with Gasteiger partial charge in [0.1, 0.15) is 5.65 Å². The number of nitrogens with zero attached hydrogens (tertiary/aromatic N) is 3. The zero-order valence-corrected chi connectivity index (χ0v) is 11.5. The lowest BCUT2D eigenvalue weighted by molar-refractivity contribution is 1.17. The molecule has 4 heteroatoms. The average Bonchev–Trinajstić information content (AvgIpc) is 2.81. The van der Waals surface area contributed by atoms with Crippen LogP contribution in [-0.4, -0.2) is 9.38 Å². The summed E-state index contributed by atoms with van der Waals surface area (Å²) < 4.78 is 3.16. The smallest absolute Gasteiger partial charge is 0.137 e. The monoisotopic (exact) mass is 345 g/mol. The lowest BCUT2D eigenvalue weighted by Gasteiger charge is -1.95. The van der Waals surface area contributed by atoms with Gasteiger partial charge in [-0.3, -0.25) is 0 Å². The highest BCUT2D eigenvalue weighted by Gasteiger charge is 2.05. The van der Waals surface area contributed by atoms with Crippen molar-refractivity contribution in [1.82, 2.24) is 9.38 Å². The molecule has 18 heavy (non-hydrogen) atoms. The highest BCUT2D eigenvalue weighted by Crippen LogP contribution is 2.20. The summed E-state index contributed by atoms with van der Waals surface area (Å²) in [7, 11) is 0. The summed E-state index contributed by atoms with van der Waals surface area (Å²) in [6.07, 6.45) is 4.01. The molecule has 0 aliphatic heterocycles. The molecule has 0 saturated carbocycles. The second kappa shape index (κ2) is 4.42. The van der Waals surface area contributed by atoms with Gasteiger partial charge in [-0.25, -0.2) is 4.98 Å². The number of pyridine rings is 1. The first-order valence-electron chi connectivity index (χ1n) is 5.41. The molecule has 1 aromatic carbocycles. The van der Waals surface area contributed by atoms with Crippen molar-refractivity contribution in [2.24, 2.45) is 0 Å². The van der Waals surface area contributed by atoms with Crippen molar-refractivity contribution in [3.05, 3.63) is 57.9 Å². The van der Waals surface area contributed by atoms with Crippen molar-refractivity contribution in [2.75, 3.05) is 0 Å². The van der Waals surface area contributed by atoms with Crippen LogP contribution < -0.4 is 0 Å². The molecule has 0 N–H and O–H groups in total. The molecule has 0 bridgehead atoms. The Labute approximate surface area is 118 Å². The second-order valence-electron chi connectivity index (χ2n) is 3.93. The first-order chi connectivity index (χ1) is 8.76. The van der Waals surface area contributed by atoms with E-state index in [0.29, 0.717) is 5.56 Å². The molecule has 0 fully saturated rings. The fourth-order valence-corrected chi connectivity index (χ4v) is 2.33. The van der Waals surface area contributed by atoms with Gasteiger partial charge in [0, 0.05) is 21.5 Å². The van der Waals surface area contributed by atoms with Gasteiger partial charge in [-0.1, -0.05) is 12.1 Å². The Kier molecular flexibility index (Phi) is 2.76. The van der Waals surface area contributed by atoms with E-state index in [1.165, 1.54) is 0 Å². The lowest BCUT2D eigenvalue weighted by atomic mass is 10.1. The highest BCUT2D eigenvalue weighted by molar-refractivity contribution is 14.1. The first kappa shape index (κ1) is 11.2. The minimum absolute atomic E-state index is 0.652. The van der Waals surface area contributed by atoms with Crippen LogP contribution in [0.25, 0.3) is 16.9 Å². The topological polar surface area (TPSA) is 41.1 Å². The molecule has 0 aliphatic carbocycles. The summed E-state index contributed by atoms with van der Waals surface area (Å²) in [5, 5.41) is 8.91. The summed E-state index contributed by atoms with van der Waals surface area (Å²) in [4.78, 5) is 4.55. The quantitative estimate of drug-likeness (QED) is 0.634. The summed E-state index contributed by atoms with van der Waals surface area (Å²) in [6.45, 7) is 0. The van der Waals surface area contributed by atoms with Crippen LogP contribution in [0.3, 0.4) is 0 Å². The molecular formula is C14H8IN3. The van der Waals surface area contributed by atoms with Gasteiger partial charge < -0.3 is 4.40 Å². The van der Waals surface area contributed by atoms with Crippen molar-refractivity contribution in [3.63, 3.8) is 0 Å². The fourth-order valence-electron chi connectivity index (χ4n) is 1.85. The van der Waals surface area contributed by atoms with Crippen LogP contribution in [0, 0.1) is 14.9 Å². The summed E-state index contributed by atoms with van der Waals surface area (Å²) in [5.41, 5.74) is 3.41. The van der Waals surface area contributed by atoms with Gasteiger partial charge in [-0.05, 0) is 46.9 Å². The van der Waals surface area contributed by atoms with Gasteiger partial charge in [0.2, 0.25) is 0 Å². The number of benzene rings is 1. The maximum absolute atomic E-state index is 8.91. The summed E-state index contributed by atoms with van der Waals surface area (Å²) in [6, 6.07) is 13.6. The van der Waals surface area contributed by atoms with Gasteiger partial charge in [0.25, 0.3) is 0 Å². The Morgan fingerprint density at radius 1 is 1.17 bits per heavy atom. The fraction of sp³-hybridized carbons (Fsp3) is 0. The van der Waals surface area contributed by atoms with E-state index in [0.717, 1.165) is 20.5 Å². The third-order valence-electron chi connectivity index (χ3n) is 2.70. The molecule has 0 amide bonds. The number of aromatic nitrogens is 2. The second-order valence-corrected chi connectivity index (χ2v) is 5.18. The van der Waals surface area contributed by atoms with E-state index in [1.807, 2.05) is 47.1 Å². The standard InChI is InChI=1S/C14H8IN3/c15-12-4-5-14-17-13(9-18(14)8-12)11-3-1-2-10(6-11)7-16/h1-6,8-9H. The molecule has 0 unspecified atom stereocenters. The Hall–Kier alpha value is -1.87. The maximum Gasteiger partial charge on any atom is 0.137 e. The van der Waals surface area contributed by atoms with Crippen molar-refractivity contribution in [3.8, 4) is 17.3 Å². The third kappa shape index (κ3) is 1.97. The lowest BCUT2D eigenvalue weighted by Crippen LogP contribution is -1.82. The summed E-state index contributed by atoms with van der Waals surface area (Å²) in [5.74, 6) is 0. The normalized spacial score (nSPS) is 10.4. The van der Waals surface area contributed by atoms with Gasteiger partial charge in [-0.15, -0.1) is 0 Å². The number of hydrogen-bond acceptors (Lipinski definition) is 2. The van der Waals surface area contributed by atoms with Crippen LogP contribution in [0.4, 0.5) is 0 Å². The molecule has 3 aromatic rings. The number of halogens is 1. The number of rotatable bonds is 1. The number of nitriles is 1. The molecule has 0 aliphatic rings. The summed E-state index contributed by atoms with van der Waals surface area (Å²) >= 11 is 2.27. The molecule has 2 heterocycles. The zero-order chi connectivity index (χ0) is 12.5. The van der Waals surface area contributed by atoms with E-state index in [-0.39, 0.29) is 0 Å². The minimum atomic E-state index is 0.652. The average molecular weight is 345 g/mol. The number of fused-ring (bicyclic) bond motifs is 1.